The molecular formula is C33H44N2O5. The normalized spacial score (nSPS) is 32.5. The molecule has 2 N–H and O–H groups in total. The number of nitrogens with zero attached hydrogens (tertiary/aromatic N) is 2. The van der Waals surface area contributed by atoms with Gasteiger partial charge < -0.3 is 24.6 Å². The lowest BCUT2D eigenvalue weighted by molar-refractivity contribution is -0.179. The maximum Gasteiger partial charge on any atom is 0.212 e. The minimum Gasteiger partial charge on any atom is -0.504 e. The van der Waals surface area contributed by atoms with E-state index in [0.717, 1.165) is 61.4 Å². The second kappa shape index (κ2) is 10.3. The van der Waals surface area contributed by atoms with Crippen LogP contribution in [0.25, 0.3) is 0 Å². The van der Waals surface area contributed by atoms with Gasteiger partial charge in [-0.05, 0) is 75.1 Å². The summed E-state index contributed by atoms with van der Waals surface area (Å²) >= 11 is 0. The average Bonchev–Trinajstić information content (AvgIpc) is 3.73. The summed E-state index contributed by atoms with van der Waals surface area (Å²) in [6.07, 6.45) is 17.1. The van der Waals surface area contributed by atoms with Crippen molar-refractivity contribution >= 4 is 6.41 Å². The van der Waals surface area contributed by atoms with Gasteiger partial charge >= 0.3 is 0 Å². The van der Waals surface area contributed by atoms with Crippen molar-refractivity contribution in [2.75, 3.05) is 33.4 Å². The number of amides is 1. The number of hydrogen-bond acceptors (Lipinski definition) is 6. The largest absolute Gasteiger partial charge is 0.504 e. The predicted molar refractivity (Wildman–Crippen MR) is 154 cm³/mol. The summed E-state index contributed by atoms with van der Waals surface area (Å²) in [5, 5.41) is 24.6. The van der Waals surface area contributed by atoms with E-state index in [2.05, 4.69) is 30.0 Å². The van der Waals surface area contributed by atoms with Crippen molar-refractivity contribution in [3.8, 4) is 11.5 Å². The molecule has 0 radical (unpaired) electrons. The molecule has 1 aromatic rings. The maximum absolute atomic E-state index is 12.8. The summed E-state index contributed by atoms with van der Waals surface area (Å²) in [5.74, 6) is 0.902. The number of piperidine rings is 1. The first-order chi connectivity index (χ1) is 19.3. The van der Waals surface area contributed by atoms with E-state index in [0.29, 0.717) is 31.7 Å². The minimum absolute atomic E-state index is 0.125. The van der Waals surface area contributed by atoms with Crippen LogP contribution in [0.15, 0.2) is 48.1 Å². The molecule has 2 aliphatic heterocycles. The van der Waals surface area contributed by atoms with Crippen LogP contribution in [-0.4, -0.2) is 77.1 Å². The zero-order valence-electron chi connectivity index (χ0n) is 24.1. The molecule has 2 saturated heterocycles. The molecule has 7 heteroatoms. The molecule has 5 atom stereocenters. The quantitative estimate of drug-likeness (QED) is 0.332. The van der Waals surface area contributed by atoms with E-state index in [1.165, 1.54) is 12.8 Å². The van der Waals surface area contributed by atoms with E-state index in [-0.39, 0.29) is 11.8 Å². The van der Waals surface area contributed by atoms with Gasteiger partial charge in [-0.15, -0.1) is 0 Å². The Morgan fingerprint density at radius 2 is 2.12 bits per heavy atom. The van der Waals surface area contributed by atoms with Crippen LogP contribution >= 0.6 is 0 Å². The van der Waals surface area contributed by atoms with Gasteiger partial charge in [0.2, 0.25) is 6.41 Å². The van der Waals surface area contributed by atoms with Crippen LogP contribution in [0.5, 0.6) is 11.5 Å². The Morgan fingerprint density at radius 3 is 2.85 bits per heavy atom. The van der Waals surface area contributed by atoms with Gasteiger partial charge in [-0.25, -0.2) is 0 Å². The molecule has 3 fully saturated rings. The van der Waals surface area contributed by atoms with E-state index < -0.39 is 22.7 Å². The molecule has 3 aliphatic carbocycles. The predicted octanol–water partition coefficient (Wildman–Crippen LogP) is 4.47. The van der Waals surface area contributed by atoms with Crippen molar-refractivity contribution in [2.45, 2.75) is 81.6 Å². The molecule has 2 heterocycles. The number of aliphatic hydroxyl groups is 1. The molecule has 1 saturated carbocycles. The monoisotopic (exact) mass is 548 g/mol. The van der Waals surface area contributed by atoms with Crippen LogP contribution in [0.4, 0.5) is 0 Å². The number of aromatic hydroxyl groups is 1. The second-order valence-corrected chi connectivity index (χ2v) is 12.7. The Hall–Kier alpha value is -2.61. The molecule has 1 amide bonds. The minimum atomic E-state index is -1.47. The third-order valence-corrected chi connectivity index (χ3v) is 10.6. The van der Waals surface area contributed by atoms with Gasteiger partial charge in [0.05, 0.1) is 19.3 Å². The summed E-state index contributed by atoms with van der Waals surface area (Å²) in [6, 6.07) is 4.07. The van der Waals surface area contributed by atoms with E-state index in [1.807, 2.05) is 31.2 Å². The van der Waals surface area contributed by atoms with Crippen molar-refractivity contribution in [3.05, 3.63) is 59.2 Å². The number of methoxy groups -OCH3 is 1. The molecule has 6 rings (SSSR count). The topological polar surface area (TPSA) is 82.5 Å². The molecule has 40 heavy (non-hydrogen) atoms. The fourth-order valence-corrected chi connectivity index (χ4v) is 8.50. The van der Waals surface area contributed by atoms with Gasteiger partial charge in [-0.2, -0.15) is 0 Å². The Balaban J connectivity index is 1.50. The molecule has 0 spiro atoms. The number of likely N-dealkylation sites (tertiary alicyclic amines) is 1. The number of phenolic OH excluding ortho intramolecular Hbond substituents is 1. The maximum atomic E-state index is 12.8. The fraction of sp³-hybridized carbons (Fsp3) is 0.606. The summed E-state index contributed by atoms with van der Waals surface area (Å²) in [7, 11) is 1.58. The molecule has 216 valence electrons. The molecule has 2 bridgehead atoms. The third-order valence-electron chi connectivity index (χ3n) is 10.6. The number of hydrogen-bond donors (Lipinski definition) is 2. The highest BCUT2D eigenvalue weighted by atomic mass is 16.5. The highest BCUT2D eigenvalue weighted by Gasteiger charge is 2.73. The summed E-state index contributed by atoms with van der Waals surface area (Å²) < 4.78 is 12.5. The van der Waals surface area contributed by atoms with Crippen molar-refractivity contribution < 1.29 is 24.5 Å². The number of rotatable bonds is 10. The fourth-order valence-electron chi connectivity index (χ4n) is 8.50. The van der Waals surface area contributed by atoms with Crippen LogP contribution in [-0.2, 0) is 21.4 Å². The number of carbonyl (C=O) groups excluding carboxylic acids is 1. The SMILES string of the molecule is CCCC(O)(C1COC2(C)C3Cc4ccc(OC)c(O)c4C12CCN3CC1CC1)N(C=O)CC1=CC=CCC=C1. The van der Waals surface area contributed by atoms with E-state index in [4.69, 9.17) is 9.47 Å². The second-order valence-electron chi connectivity index (χ2n) is 12.7. The Morgan fingerprint density at radius 1 is 1.30 bits per heavy atom. The third kappa shape index (κ3) is 4.07. The highest BCUT2D eigenvalue weighted by molar-refractivity contribution is 5.60. The van der Waals surface area contributed by atoms with Crippen LogP contribution in [0.3, 0.4) is 0 Å². The van der Waals surface area contributed by atoms with E-state index >= 15 is 0 Å². The highest BCUT2D eigenvalue weighted by Crippen LogP contribution is 2.65. The first kappa shape index (κ1) is 27.6. The first-order valence-corrected chi connectivity index (χ1v) is 15.1. The van der Waals surface area contributed by atoms with Crippen LogP contribution < -0.4 is 4.74 Å². The van der Waals surface area contributed by atoms with Crippen molar-refractivity contribution in [2.24, 2.45) is 11.8 Å². The zero-order chi connectivity index (χ0) is 28.1. The number of ether oxygens (including phenoxy) is 2. The Labute approximate surface area is 238 Å². The molecule has 5 unspecified atom stereocenters. The van der Waals surface area contributed by atoms with E-state index in [9.17, 15) is 15.0 Å². The van der Waals surface area contributed by atoms with Gasteiger partial charge in [0, 0.05) is 36.0 Å². The number of phenols is 1. The molecular weight excluding hydrogens is 504 g/mol. The lowest BCUT2D eigenvalue weighted by Gasteiger charge is -2.62. The van der Waals surface area contributed by atoms with Crippen molar-refractivity contribution in [1.29, 1.82) is 0 Å². The van der Waals surface area contributed by atoms with Gasteiger partial charge in [-0.3, -0.25) is 9.69 Å². The zero-order valence-corrected chi connectivity index (χ0v) is 24.1. The van der Waals surface area contributed by atoms with Gasteiger partial charge in [-0.1, -0.05) is 49.8 Å². The summed E-state index contributed by atoms with van der Waals surface area (Å²) in [5.41, 5.74) is 0.112. The average molecular weight is 549 g/mol. The van der Waals surface area contributed by atoms with Gasteiger partial charge in [0.1, 0.15) is 5.72 Å². The van der Waals surface area contributed by atoms with Crippen LogP contribution in [0.1, 0.15) is 63.5 Å². The number of carbonyl (C=O) groups is 1. The van der Waals surface area contributed by atoms with Crippen LogP contribution in [0, 0.1) is 11.8 Å². The lowest BCUT2D eigenvalue weighted by Crippen LogP contribution is -2.73. The number of allylic oxidation sites excluding steroid dienone is 4. The van der Waals surface area contributed by atoms with E-state index in [1.54, 1.807) is 12.0 Å². The molecule has 7 nitrogen and oxygen atoms in total. The van der Waals surface area contributed by atoms with Gasteiger partial charge in [0.15, 0.2) is 11.5 Å². The smallest absolute Gasteiger partial charge is 0.212 e. The summed E-state index contributed by atoms with van der Waals surface area (Å²) in [4.78, 5) is 17.0. The molecule has 1 aromatic carbocycles. The lowest BCUT2D eigenvalue weighted by atomic mass is 9.49. The number of benzene rings is 1. The Bertz CT molecular complexity index is 1240. The first-order valence-electron chi connectivity index (χ1n) is 15.1. The summed E-state index contributed by atoms with van der Waals surface area (Å²) in [6.45, 7) is 6.79. The molecule has 5 aliphatic rings. The Kier molecular flexibility index (Phi) is 7.12. The van der Waals surface area contributed by atoms with Gasteiger partial charge in [0.25, 0.3) is 0 Å². The number of fused-ring (bicyclic) bond motifs is 1. The standard InChI is InChI=1S/C33H44N2O5/c1-4-15-33(38,35(22-36)20-23-9-7-5-6-8-10-23)27-21-40-31(2)28-18-25-13-14-26(39-3)30(37)29(25)32(27,31)16-17-34(28)19-24-11-12-24/h5,7-10,13-14,22,24,27-28,37-38H,4,6,11-12,15-21H2,1-3H3. The molecule has 0 aromatic heterocycles. The van der Waals surface area contributed by atoms with Crippen molar-refractivity contribution in [3.63, 3.8) is 0 Å². The van der Waals surface area contributed by atoms with Crippen molar-refractivity contribution in [1.82, 2.24) is 9.80 Å². The van der Waals surface area contributed by atoms with Crippen LogP contribution in [0.2, 0.25) is 0 Å².